The highest BCUT2D eigenvalue weighted by molar-refractivity contribution is 5.16. The van der Waals surface area contributed by atoms with E-state index in [-0.39, 0.29) is 0 Å². The molecule has 0 saturated heterocycles. The second-order valence-electron chi connectivity index (χ2n) is 6.15. The number of nitrogens with zero attached hydrogens (tertiary/aromatic N) is 2. The van der Waals surface area contributed by atoms with Gasteiger partial charge in [0.05, 0.1) is 6.67 Å². The Hall–Kier alpha value is -1.22. The lowest BCUT2D eigenvalue weighted by molar-refractivity contribution is 0.223. The molecule has 0 radical (unpaired) electrons. The molecule has 0 bridgehead atoms. The van der Waals surface area contributed by atoms with Gasteiger partial charge in [0, 0.05) is 30.4 Å². The molecule has 3 nitrogen and oxygen atoms in total. The number of allylic oxidation sites excluding steroid dienone is 4. The maximum absolute atomic E-state index is 3.27. The predicted octanol–water partition coefficient (Wildman–Crippen LogP) is 2.55. The second kappa shape index (κ2) is 6.29. The molecule has 2 aliphatic rings. The van der Waals surface area contributed by atoms with Crippen molar-refractivity contribution < 1.29 is 0 Å². The number of hydrogen-bond donors (Lipinski definition) is 1. The van der Waals surface area contributed by atoms with Gasteiger partial charge in [-0.25, -0.2) is 0 Å². The Bertz CT molecular complexity index is 383. The lowest BCUT2D eigenvalue weighted by Crippen LogP contribution is -2.34. The van der Waals surface area contributed by atoms with Crippen LogP contribution in [0.5, 0.6) is 0 Å². The molecule has 0 aromatic heterocycles. The summed E-state index contributed by atoms with van der Waals surface area (Å²) >= 11 is 0. The van der Waals surface area contributed by atoms with Crippen molar-refractivity contribution in [3.05, 3.63) is 36.2 Å². The van der Waals surface area contributed by atoms with Gasteiger partial charge < -0.3 is 15.1 Å². The average Bonchev–Trinajstić information content (AvgIpc) is 2.75. The van der Waals surface area contributed by atoms with Crippen LogP contribution in [0.4, 0.5) is 0 Å². The molecule has 3 heteroatoms. The Kier molecular flexibility index (Phi) is 4.70. The van der Waals surface area contributed by atoms with E-state index in [9.17, 15) is 0 Å². The van der Waals surface area contributed by atoms with Crippen LogP contribution in [0.2, 0.25) is 0 Å². The summed E-state index contributed by atoms with van der Waals surface area (Å²) in [5.41, 5.74) is 1.67. The zero-order valence-corrected chi connectivity index (χ0v) is 12.5. The van der Waals surface area contributed by atoms with Crippen LogP contribution in [0, 0.1) is 5.41 Å². The fourth-order valence-electron chi connectivity index (χ4n) is 2.89. The Labute approximate surface area is 117 Å². The van der Waals surface area contributed by atoms with Gasteiger partial charge in [0.25, 0.3) is 0 Å². The third-order valence-electron chi connectivity index (χ3n) is 4.02. The first-order valence-electron chi connectivity index (χ1n) is 7.27. The molecule has 1 unspecified atom stereocenters. The van der Waals surface area contributed by atoms with Crippen molar-refractivity contribution in [1.82, 2.24) is 15.1 Å². The minimum absolute atomic E-state index is 0.314. The van der Waals surface area contributed by atoms with Gasteiger partial charge in [0.1, 0.15) is 0 Å². The van der Waals surface area contributed by atoms with Crippen LogP contribution < -0.4 is 5.32 Å². The van der Waals surface area contributed by atoms with E-state index >= 15 is 0 Å². The molecule has 2 rings (SSSR count). The molecule has 0 amide bonds. The molecular formula is C16H27N3. The van der Waals surface area contributed by atoms with E-state index in [2.05, 4.69) is 66.5 Å². The summed E-state index contributed by atoms with van der Waals surface area (Å²) in [7, 11) is 2.24. The first-order chi connectivity index (χ1) is 9.09. The Morgan fingerprint density at radius 2 is 2.26 bits per heavy atom. The number of nitrogens with one attached hydrogen (secondary N) is 1. The molecule has 0 fully saturated rings. The highest BCUT2D eigenvalue weighted by atomic mass is 15.3. The minimum Gasteiger partial charge on any atom is -0.372 e. The van der Waals surface area contributed by atoms with E-state index in [0.29, 0.717) is 5.41 Å². The van der Waals surface area contributed by atoms with Crippen LogP contribution in [0.1, 0.15) is 26.7 Å². The number of hydrogen-bond acceptors (Lipinski definition) is 3. The van der Waals surface area contributed by atoms with Gasteiger partial charge in [0.15, 0.2) is 0 Å². The lowest BCUT2D eigenvalue weighted by Gasteiger charge is -2.32. The van der Waals surface area contributed by atoms with Crippen molar-refractivity contribution >= 4 is 0 Å². The van der Waals surface area contributed by atoms with Gasteiger partial charge in [-0.3, -0.25) is 0 Å². The van der Waals surface area contributed by atoms with Gasteiger partial charge in [0.2, 0.25) is 0 Å². The largest absolute Gasteiger partial charge is 0.372 e. The van der Waals surface area contributed by atoms with E-state index in [1.54, 1.807) is 0 Å². The minimum atomic E-state index is 0.314. The van der Waals surface area contributed by atoms with E-state index in [0.717, 1.165) is 32.7 Å². The third kappa shape index (κ3) is 4.13. The summed E-state index contributed by atoms with van der Waals surface area (Å²) in [6, 6.07) is 0. The maximum Gasteiger partial charge on any atom is 0.0869 e. The van der Waals surface area contributed by atoms with Crippen LogP contribution in [0.25, 0.3) is 0 Å². The van der Waals surface area contributed by atoms with Gasteiger partial charge >= 0.3 is 0 Å². The molecule has 1 atom stereocenters. The highest BCUT2D eigenvalue weighted by Crippen LogP contribution is 2.27. The molecule has 1 aliphatic carbocycles. The van der Waals surface area contributed by atoms with Crippen molar-refractivity contribution in [2.75, 3.05) is 33.4 Å². The first kappa shape index (κ1) is 14.2. The van der Waals surface area contributed by atoms with Gasteiger partial charge in [-0.05, 0) is 33.4 Å². The molecule has 0 aromatic carbocycles. The van der Waals surface area contributed by atoms with Crippen molar-refractivity contribution in [2.24, 2.45) is 5.41 Å². The van der Waals surface area contributed by atoms with Crippen molar-refractivity contribution in [1.29, 1.82) is 0 Å². The SMILES string of the molecule is CC1=CNCN1CCCN(C)CC1(C)C=CC=CC1. The van der Waals surface area contributed by atoms with E-state index in [4.69, 9.17) is 0 Å². The number of rotatable bonds is 6. The summed E-state index contributed by atoms with van der Waals surface area (Å²) in [5, 5.41) is 3.27. The molecule has 19 heavy (non-hydrogen) atoms. The second-order valence-corrected chi connectivity index (χ2v) is 6.15. The van der Waals surface area contributed by atoms with Crippen molar-refractivity contribution in [3.8, 4) is 0 Å². The van der Waals surface area contributed by atoms with Crippen LogP contribution in [-0.2, 0) is 0 Å². The summed E-state index contributed by atoms with van der Waals surface area (Å²) in [6.45, 7) is 8.94. The van der Waals surface area contributed by atoms with Crippen LogP contribution in [0.15, 0.2) is 36.2 Å². The molecule has 1 N–H and O–H groups in total. The monoisotopic (exact) mass is 261 g/mol. The lowest BCUT2D eigenvalue weighted by atomic mass is 9.83. The average molecular weight is 261 g/mol. The van der Waals surface area contributed by atoms with Gasteiger partial charge in [-0.1, -0.05) is 31.2 Å². The van der Waals surface area contributed by atoms with Crippen LogP contribution >= 0.6 is 0 Å². The molecule has 106 valence electrons. The normalized spacial score (nSPS) is 25.9. The zero-order chi connectivity index (χ0) is 13.7. The topological polar surface area (TPSA) is 18.5 Å². The molecule has 0 saturated carbocycles. The van der Waals surface area contributed by atoms with Crippen LogP contribution in [-0.4, -0.2) is 43.2 Å². The van der Waals surface area contributed by atoms with Gasteiger partial charge in [-0.2, -0.15) is 0 Å². The smallest absolute Gasteiger partial charge is 0.0869 e. The molecule has 0 spiro atoms. The molecule has 1 aliphatic heterocycles. The fraction of sp³-hybridized carbons (Fsp3) is 0.625. The first-order valence-corrected chi connectivity index (χ1v) is 7.27. The third-order valence-corrected chi connectivity index (χ3v) is 4.02. The Morgan fingerprint density at radius 1 is 1.42 bits per heavy atom. The van der Waals surface area contributed by atoms with Gasteiger partial charge in [-0.15, -0.1) is 0 Å². The van der Waals surface area contributed by atoms with E-state index in [1.807, 2.05) is 0 Å². The molecule has 1 heterocycles. The summed E-state index contributed by atoms with van der Waals surface area (Å²) in [6.07, 6.45) is 13.4. The zero-order valence-electron chi connectivity index (χ0n) is 12.5. The summed E-state index contributed by atoms with van der Waals surface area (Å²) < 4.78 is 0. The Morgan fingerprint density at radius 3 is 2.89 bits per heavy atom. The standard InChI is InChI=1S/C16H27N3/c1-15-12-17-14-19(15)11-7-10-18(3)13-16(2)8-5-4-6-9-16/h4-6,8,12,17H,7,9-11,13-14H2,1-3H3. The Balaban J connectivity index is 1.67. The summed E-state index contributed by atoms with van der Waals surface area (Å²) in [5.74, 6) is 0. The van der Waals surface area contributed by atoms with Crippen molar-refractivity contribution in [3.63, 3.8) is 0 Å². The fourth-order valence-corrected chi connectivity index (χ4v) is 2.89. The molecule has 0 aromatic rings. The predicted molar refractivity (Wildman–Crippen MR) is 81.6 cm³/mol. The quantitative estimate of drug-likeness (QED) is 0.793. The molecular weight excluding hydrogens is 234 g/mol. The van der Waals surface area contributed by atoms with Crippen LogP contribution in [0.3, 0.4) is 0 Å². The van der Waals surface area contributed by atoms with E-state index in [1.165, 1.54) is 12.1 Å². The van der Waals surface area contributed by atoms with Crippen molar-refractivity contribution in [2.45, 2.75) is 26.7 Å². The summed E-state index contributed by atoms with van der Waals surface area (Å²) in [4.78, 5) is 4.87. The van der Waals surface area contributed by atoms with E-state index < -0.39 is 0 Å². The maximum atomic E-state index is 3.27. The highest BCUT2D eigenvalue weighted by Gasteiger charge is 2.22.